The van der Waals surface area contributed by atoms with E-state index in [0.717, 1.165) is 44.7 Å². The maximum Gasteiger partial charge on any atom is 0.494 e. The Morgan fingerprint density at radius 2 is 0.863 bits per heavy atom. The van der Waals surface area contributed by atoms with E-state index in [0.29, 0.717) is 5.82 Å². The van der Waals surface area contributed by atoms with Gasteiger partial charge >= 0.3 is 7.12 Å². The molecule has 0 saturated carbocycles. The summed E-state index contributed by atoms with van der Waals surface area (Å²) < 4.78 is 13.3. The largest absolute Gasteiger partial charge is 0.494 e. The molecule has 2 heterocycles. The van der Waals surface area contributed by atoms with Gasteiger partial charge in [-0.2, -0.15) is 0 Å². The minimum atomic E-state index is -0.539. The Morgan fingerprint density at radius 1 is 0.392 bits per heavy atom. The number of rotatable bonds is 5. The van der Waals surface area contributed by atoms with E-state index in [-0.39, 0.29) is 0 Å². The summed E-state index contributed by atoms with van der Waals surface area (Å²) >= 11 is 0. The molecule has 0 radical (unpaired) electrons. The van der Waals surface area contributed by atoms with Crippen LogP contribution in [0.1, 0.15) is 27.7 Å². The molecule has 4 nitrogen and oxygen atoms in total. The fourth-order valence-electron chi connectivity index (χ4n) is 7.24. The van der Waals surface area contributed by atoms with Gasteiger partial charge in [0.15, 0.2) is 5.82 Å². The summed E-state index contributed by atoms with van der Waals surface area (Å²) in [5, 5.41) is 7.49. The van der Waals surface area contributed by atoms with E-state index in [1.807, 2.05) is 36.4 Å². The lowest BCUT2D eigenvalue weighted by molar-refractivity contribution is 0.00578. The molecule has 8 aromatic rings. The monoisotopic (exact) mass is 660 g/mol. The predicted molar refractivity (Wildman–Crippen MR) is 212 cm³/mol. The third kappa shape index (κ3) is 5.50. The molecule has 0 bridgehead atoms. The lowest BCUT2D eigenvalue weighted by Gasteiger charge is -2.32. The van der Waals surface area contributed by atoms with Gasteiger partial charge in [-0.3, -0.25) is 0 Å². The summed E-state index contributed by atoms with van der Waals surface area (Å²) in [5.74, 6) is 0.679. The average Bonchev–Trinajstić information content (AvgIpc) is 3.40. The second-order valence-corrected chi connectivity index (χ2v) is 14.5. The number of hydrogen-bond acceptors (Lipinski definition) is 4. The first-order valence-corrected chi connectivity index (χ1v) is 17.6. The summed E-state index contributed by atoms with van der Waals surface area (Å²) in [4.78, 5) is 10.2. The van der Waals surface area contributed by atoms with Gasteiger partial charge in [0, 0.05) is 16.7 Å². The Bertz CT molecular complexity index is 2490. The maximum absolute atomic E-state index is 6.64. The molecule has 0 amide bonds. The van der Waals surface area contributed by atoms with Crippen molar-refractivity contribution in [2.45, 2.75) is 38.9 Å². The molecule has 0 unspecified atom stereocenters. The smallest absolute Gasteiger partial charge is 0.399 e. The molecule has 246 valence electrons. The highest BCUT2D eigenvalue weighted by Gasteiger charge is 2.51. The third-order valence-electron chi connectivity index (χ3n) is 10.7. The highest BCUT2D eigenvalue weighted by molar-refractivity contribution is 6.62. The molecule has 0 spiro atoms. The zero-order valence-corrected chi connectivity index (χ0v) is 29.2. The van der Waals surface area contributed by atoms with E-state index >= 15 is 0 Å². The van der Waals surface area contributed by atoms with Gasteiger partial charge in [0.25, 0.3) is 0 Å². The quantitative estimate of drug-likeness (QED) is 0.136. The topological polar surface area (TPSA) is 44.2 Å². The van der Waals surface area contributed by atoms with Crippen molar-refractivity contribution in [3.8, 4) is 45.0 Å². The summed E-state index contributed by atoms with van der Waals surface area (Å²) in [6.45, 7) is 8.39. The summed E-state index contributed by atoms with van der Waals surface area (Å²) in [7, 11) is -0.539. The van der Waals surface area contributed by atoms with Gasteiger partial charge in [0.2, 0.25) is 0 Å². The average molecular weight is 661 g/mol. The Morgan fingerprint density at radius 3 is 1.45 bits per heavy atom. The molecule has 7 aromatic carbocycles. The number of benzene rings is 7. The third-order valence-corrected chi connectivity index (χ3v) is 10.7. The van der Waals surface area contributed by atoms with Crippen LogP contribution in [-0.2, 0) is 9.31 Å². The van der Waals surface area contributed by atoms with E-state index in [1.165, 1.54) is 32.3 Å². The van der Waals surface area contributed by atoms with Crippen molar-refractivity contribution in [1.82, 2.24) is 9.97 Å². The molecule has 1 aromatic heterocycles. The van der Waals surface area contributed by atoms with Gasteiger partial charge < -0.3 is 9.31 Å². The van der Waals surface area contributed by atoms with Gasteiger partial charge in [-0.1, -0.05) is 133 Å². The lowest BCUT2D eigenvalue weighted by atomic mass is 9.76. The molecule has 1 fully saturated rings. The molecule has 1 aliphatic heterocycles. The molecule has 1 aliphatic rings. The zero-order valence-electron chi connectivity index (χ0n) is 29.2. The van der Waals surface area contributed by atoms with Crippen LogP contribution in [0, 0.1) is 0 Å². The van der Waals surface area contributed by atoms with Crippen LogP contribution in [0.5, 0.6) is 0 Å². The summed E-state index contributed by atoms with van der Waals surface area (Å²) in [5.41, 5.74) is 6.84. The molecule has 1 saturated heterocycles. The van der Waals surface area contributed by atoms with E-state index in [4.69, 9.17) is 19.3 Å². The van der Waals surface area contributed by atoms with Gasteiger partial charge in [0.05, 0.1) is 22.6 Å². The van der Waals surface area contributed by atoms with Gasteiger partial charge in [-0.15, -0.1) is 0 Å². The Balaban J connectivity index is 1.28. The standard InChI is InChI=1S/C46H37BN2O2/c1-45(2)46(3,4)51-47(50-45)35-26-33(32-23-24-40-38-21-12-11-19-36(38)37-20-13-14-22-39(37)41(40)28-32)25-34(27-35)43-29-42(30-15-7-5-8-16-30)48-44(49-43)31-17-9-6-10-18-31/h5-29H,1-4H3. The van der Waals surface area contributed by atoms with Crippen molar-refractivity contribution >= 4 is 44.9 Å². The van der Waals surface area contributed by atoms with Crippen LogP contribution in [0.25, 0.3) is 77.3 Å². The lowest BCUT2D eigenvalue weighted by Crippen LogP contribution is -2.41. The number of nitrogens with zero attached hydrogens (tertiary/aromatic N) is 2. The van der Waals surface area contributed by atoms with Crippen LogP contribution in [-0.4, -0.2) is 28.3 Å². The maximum atomic E-state index is 6.64. The fraction of sp³-hybridized carbons (Fsp3) is 0.130. The molecule has 0 N–H and O–H groups in total. The first-order valence-electron chi connectivity index (χ1n) is 17.6. The molecule has 5 heteroatoms. The van der Waals surface area contributed by atoms with Crippen molar-refractivity contribution in [2.75, 3.05) is 0 Å². The van der Waals surface area contributed by atoms with Crippen molar-refractivity contribution in [2.24, 2.45) is 0 Å². The van der Waals surface area contributed by atoms with Crippen molar-refractivity contribution in [3.05, 3.63) is 152 Å². The first kappa shape index (κ1) is 31.4. The van der Waals surface area contributed by atoms with Crippen molar-refractivity contribution in [1.29, 1.82) is 0 Å². The van der Waals surface area contributed by atoms with Crippen molar-refractivity contribution < 1.29 is 9.31 Å². The first-order chi connectivity index (χ1) is 24.7. The Labute approximate surface area is 298 Å². The van der Waals surface area contributed by atoms with Crippen LogP contribution >= 0.6 is 0 Å². The molecule has 0 atom stereocenters. The van der Waals surface area contributed by atoms with Crippen LogP contribution in [0.2, 0.25) is 0 Å². The number of hydrogen-bond donors (Lipinski definition) is 0. The van der Waals surface area contributed by atoms with Crippen LogP contribution < -0.4 is 5.46 Å². The fourth-order valence-corrected chi connectivity index (χ4v) is 7.24. The Kier molecular flexibility index (Phi) is 7.39. The zero-order chi connectivity index (χ0) is 34.7. The summed E-state index contributed by atoms with van der Waals surface area (Å²) in [6, 6.07) is 53.5. The van der Waals surface area contributed by atoms with E-state index in [2.05, 4.69) is 143 Å². The SMILES string of the molecule is CC1(C)OB(c2cc(-c3ccc4c5ccccc5c5ccccc5c4c3)cc(-c3cc(-c4ccccc4)nc(-c4ccccc4)n3)c2)OC1(C)C. The molecule has 51 heavy (non-hydrogen) atoms. The van der Waals surface area contributed by atoms with Crippen LogP contribution in [0.3, 0.4) is 0 Å². The minimum absolute atomic E-state index is 0.480. The highest BCUT2D eigenvalue weighted by Crippen LogP contribution is 2.40. The number of aromatic nitrogens is 2. The summed E-state index contributed by atoms with van der Waals surface area (Å²) in [6.07, 6.45) is 0. The predicted octanol–water partition coefficient (Wildman–Crippen LogP) is 10.9. The second-order valence-electron chi connectivity index (χ2n) is 14.5. The van der Waals surface area contributed by atoms with Crippen LogP contribution in [0.4, 0.5) is 0 Å². The molecule has 9 rings (SSSR count). The minimum Gasteiger partial charge on any atom is -0.399 e. The van der Waals surface area contributed by atoms with Gasteiger partial charge in [-0.25, -0.2) is 9.97 Å². The molecular weight excluding hydrogens is 623 g/mol. The molecular formula is C46H37BN2O2. The van der Waals surface area contributed by atoms with E-state index in [1.54, 1.807) is 0 Å². The normalized spacial score (nSPS) is 15.2. The highest BCUT2D eigenvalue weighted by atomic mass is 16.7. The molecule has 0 aliphatic carbocycles. The number of fused-ring (bicyclic) bond motifs is 6. The van der Waals surface area contributed by atoms with Crippen LogP contribution in [0.15, 0.2) is 152 Å². The van der Waals surface area contributed by atoms with Crippen molar-refractivity contribution in [3.63, 3.8) is 0 Å². The Hall–Kier alpha value is -5.62. The van der Waals surface area contributed by atoms with E-state index < -0.39 is 18.3 Å². The van der Waals surface area contributed by atoms with Gasteiger partial charge in [0.1, 0.15) is 0 Å². The van der Waals surface area contributed by atoms with Gasteiger partial charge in [-0.05, 0) is 94.8 Å². The van der Waals surface area contributed by atoms with E-state index in [9.17, 15) is 0 Å². The second kappa shape index (κ2) is 12.0.